The maximum absolute atomic E-state index is 11.6. The molecule has 0 saturated carbocycles. The molecule has 0 aliphatic carbocycles. The molecule has 25 heavy (non-hydrogen) atoms. The summed E-state index contributed by atoms with van der Waals surface area (Å²) < 4.78 is 5.69. The molecular formula is C18H19N3O3S. The zero-order valence-electron chi connectivity index (χ0n) is 13.6. The van der Waals surface area contributed by atoms with Crippen LogP contribution in [0.25, 0.3) is 0 Å². The molecule has 1 aromatic carbocycles. The van der Waals surface area contributed by atoms with E-state index in [2.05, 4.69) is 15.6 Å². The van der Waals surface area contributed by atoms with Gasteiger partial charge < -0.3 is 10.1 Å². The van der Waals surface area contributed by atoms with Gasteiger partial charge in [-0.2, -0.15) is 0 Å². The lowest BCUT2D eigenvalue weighted by Crippen LogP contribution is -2.25. The number of amides is 2. The lowest BCUT2D eigenvalue weighted by atomic mass is 10.1. The fourth-order valence-corrected chi connectivity index (χ4v) is 3.28. The summed E-state index contributed by atoms with van der Waals surface area (Å²) in [4.78, 5) is 27.0. The van der Waals surface area contributed by atoms with E-state index in [4.69, 9.17) is 4.74 Å². The number of nitrogens with zero attached hydrogens (tertiary/aromatic N) is 1. The molecule has 2 heterocycles. The van der Waals surface area contributed by atoms with Gasteiger partial charge in [-0.15, -0.1) is 0 Å². The molecule has 1 unspecified atom stereocenters. The van der Waals surface area contributed by atoms with Crippen molar-refractivity contribution in [3.8, 4) is 5.75 Å². The Morgan fingerprint density at radius 3 is 2.68 bits per heavy atom. The van der Waals surface area contributed by atoms with Crippen molar-refractivity contribution < 1.29 is 14.3 Å². The van der Waals surface area contributed by atoms with E-state index in [0.29, 0.717) is 19.6 Å². The van der Waals surface area contributed by atoms with Crippen LogP contribution in [0.2, 0.25) is 0 Å². The maximum atomic E-state index is 11.6. The highest BCUT2D eigenvalue weighted by Gasteiger charge is 2.31. The van der Waals surface area contributed by atoms with E-state index < -0.39 is 0 Å². The van der Waals surface area contributed by atoms with Gasteiger partial charge in [0.05, 0.1) is 10.9 Å². The van der Waals surface area contributed by atoms with Gasteiger partial charge in [-0.05, 0) is 36.2 Å². The van der Waals surface area contributed by atoms with Crippen LogP contribution in [0.3, 0.4) is 0 Å². The van der Waals surface area contributed by atoms with Gasteiger partial charge in [-0.25, -0.2) is 0 Å². The first kappa shape index (κ1) is 17.4. The number of imide groups is 1. The quantitative estimate of drug-likeness (QED) is 0.705. The minimum Gasteiger partial charge on any atom is -0.492 e. The van der Waals surface area contributed by atoms with Crippen molar-refractivity contribution in [2.75, 3.05) is 13.2 Å². The van der Waals surface area contributed by atoms with Gasteiger partial charge in [0.15, 0.2) is 0 Å². The first-order valence-electron chi connectivity index (χ1n) is 8.04. The number of carbonyl (C=O) groups excluding carboxylic acids is 2. The number of nitrogens with one attached hydrogen (secondary N) is 2. The van der Waals surface area contributed by atoms with Crippen LogP contribution in [0.5, 0.6) is 5.75 Å². The monoisotopic (exact) mass is 357 g/mol. The molecule has 1 fully saturated rings. The van der Waals surface area contributed by atoms with Crippen molar-refractivity contribution in [1.82, 2.24) is 15.6 Å². The molecule has 7 heteroatoms. The van der Waals surface area contributed by atoms with Crippen LogP contribution in [-0.2, 0) is 17.8 Å². The van der Waals surface area contributed by atoms with Crippen LogP contribution in [0.4, 0.5) is 4.79 Å². The molecule has 2 amide bonds. The Labute approximate surface area is 150 Å². The third-order valence-corrected chi connectivity index (χ3v) is 4.67. The van der Waals surface area contributed by atoms with Gasteiger partial charge in [0.2, 0.25) is 5.91 Å². The summed E-state index contributed by atoms with van der Waals surface area (Å²) in [5.74, 6) is 0.567. The van der Waals surface area contributed by atoms with Crippen molar-refractivity contribution in [2.45, 2.75) is 18.2 Å². The Hall–Kier alpha value is -2.38. The number of ether oxygens (including phenoxy) is 1. The van der Waals surface area contributed by atoms with Crippen molar-refractivity contribution in [3.63, 3.8) is 0 Å². The van der Waals surface area contributed by atoms with E-state index in [-0.39, 0.29) is 16.4 Å². The molecule has 6 nitrogen and oxygen atoms in total. The van der Waals surface area contributed by atoms with Gasteiger partial charge >= 0.3 is 0 Å². The lowest BCUT2D eigenvalue weighted by molar-refractivity contribution is -0.118. The Kier molecular flexibility index (Phi) is 6.03. The minimum atomic E-state index is -0.338. The molecule has 3 rings (SSSR count). The molecule has 0 spiro atoms. The zero-order valence-corrected chi connectivity index (χ0v) is 14.4. The second-order valence-corrected chi connectivity index (χ2v) is 6.75. The standard InChI is InChI=1S/C18H19N3O3S/c22-17-16(25-18(23)21-17)11-13-4-6-15(7-5-13)24-10-9-19-12-14-3-1-2-8-20-14/h1-8,16,19H,9-12H2,(H,21,22,23). The number of carbonyl (C=O) groups is 2. The van der Waals surface area contributed by atoms with E-state index in [0.717, 1.165) is 35.3 Å². The number of benzene rings is 1. The van der Waals surface area contributed by atoms with E-state index in [1.807, 2.05) is 42.5 Å². The average Bonchev–Trinajstić information content (AvgIpc) is 2.94. The van der Waals surface area contributed by atoms with Crippen LogP contribution in [-0.4, -0.2) is 34.5 Å². The van der Waals surface area contributed by atoms with Crippen LogP contribution < -0.4 is 15.4 Å². The Balaban J connectivity index is 1.37. The minimum absolute atomic E-state index is 0.214. The van der Waals surface area contributed by atoms with E-state index in [1.165, 1.54) is 0 Å². The van der Waals surface area contributed by atoms with Crippen molar-refractivity contribution in [3.05, 3.63) is 59.9 Å². The van der Waals surface area contributed by atoms with Gasteiger partial charge in [0.1, 0.15) is 12.4 Å². The fraction of sp³-hybridized carbons (Fsp3) is 0.278. The fourth-order valence-electron chi connectivity index (χ4n) is 2.42. The molecule has 1 atom stereocenters. The second-order valence-electron chi connectivity index (χ2n) is 5.58. The highest BCUT2D eigenvalue weighted by molar-refractivity contribution is 8.15. The Bertz CT molecular complexity index is 722. The van der Waals surface area contributed by atoms with Crippen LogP contribution in [0.1, 0.15) is 11.3 Å². The SMILES string of the molecule is O=C1NC(=O)C(Cc2ccc(OCCNCc3ccccn3)cc2)S1. The second kappa shape index (κ2) is 8.64. The highest BCUT2D eigenvalue weighted by Crippen LogP contribution is 2.23. The number of pyridine rings is 1. The summed E-state index contributed by atoms with van der Waals surface area (Å²) in [6.45, 7) is 1.99. The third kappa shape index (κ3) is 5.30. The Morgan fingerprint density at radius 2 is 2.00 bits per heavy atom. The molecule has 2 N–H and O–H groups in total. The predicted octanol–water partition coefficient (Wildman–Crippen LogP) is 2.14. The summed E-state index contributed by atoms with van der Waals surface area (Å²) >= 11 is 1.05. The van der Waals surface area contributed by atoms with Crippen molar-refractivity contribution in [1.29, 1.82) is 0 Å². The molecule has 1 aromatic heterocycles. The van der Waals surface area contributed by atoms with Crippen LogP contribution in [0.15, 0.2) is 48.7 Å². The van der Waals surface area contributed by atoms with Gasteiger partial charge in [-0.3, -0.25) is 19.9 Å². The number of hydrogen-bond acceptors (Lipinski definition) is 6. The maximum Gasteiger partial charge on any atom is 0.286 e. The van der Waals surface area contributed by atoms with Gasteiger partial charge in [-0.1, -0.05) is 30.0 Å². The molecule has 130 valence electrons. The van der Waals surface area contributed by atoms with E-state index >= 15 is 0 Å². The van der Waals surface area contributed by atoms with Gasteiger partial charge in [0, 0.05) is 19.3 Å². The third-order valence-electron chi connectivity index (χ3n) is 3.69. The molecule has 1 aliphatic rings. The molecule has 0 radical (unpaired) electrons. The Morgan fingerprint density at radius 1 is 1.16 bits per heavy atom. The number of aromatic nitrogens is 1. The summed E-state index contributed by atoms with van der Waals surface area (Å²) in [5.41, 5.74) is 2.00. The zero-order chi connectivity index (χ0) is 17.5. The average molecular weight is 357 g/mol. The van der Waals surface area contributed by atoms with E-state index in [1.54, 1.807) is 6.20 Å². The number of rotatable bonds is 8. The molecule has 1 aliphatic heterocycles. The van der Waals surface area contributed by atoms with Crippen molar-refractivity contribution >= 4 is 22.9 Å². The largest absolute Gasteiger partial charge is 0.492 e. The van der Waals surface area contributed by atoms with Crippen LogP contribution in [0, 0.1) is 0 Å². The summed E-state index contributed by atoms with van der Waals surface area (Å²) in [6.07, 6.45) is 2.31. The highest BCUT2D eigenvalue weighted by atomic mass is 32.2. The van der Waals surface area contributed by atoms with Gasteiger partial charge in [0.25, 0.3) is 5.24 Å². The molecule has 1 saturated heterocycles. The lowest BCUT2D eigenvalue weighted by Gasteiger charge is -2.09. The van der Waals surface area contributed by atoms with Crippen LogP contribution >= 0.6 is 11.8 Å². The normalized spacial score (nSPS) is 16.7. The van der Waals surface area contributed by atoms with Crippen molar-refractivity contribution in [2.24, 2.45) is 0 Å². The molecule has 2 aromatic rings. The first-order chi connectivity index (χ1) is 12.2. The van der Waals surface area contributed by atoms with E-state index in [9.17, 15) is 9.59 Å². The summed E-state index contributed by atoms with van der Waals surface area (Å²) in [5, 5.41) is 4.96. The summed E-state index contributed by atoms with van der Waals surface area (Å²) in [7, 11) is 0. The smallest absolute Gasteiger partial charge is 0.286 e. The molecule has 0 bridgehead atoms. The topological polar surface area (TPSA) is 80.3 Å². The predicted molar refractivity (Wildman–Crippen MR) is 96.5 cm³/mol. The summed E-state index contributed by atoms with van der Waals surface area (Å²) in [6, 6.07) is 13.4. The number of hydrogen-bond donors (Lipinski definition) is 2. The number of thioether (sulfide) groups is 1. The first-order valence-corrected chi connectivity index (χ1v) is 8.92. The molecular weight excluding hydrogens is 338 g/mol.